The summed E-state index contributed by atoms with van der Waals surface area (Å²) in [5.74, 6) is -49.6. The van der Waals surface area contributed by atoms with E-state index < -0.39 is 277 Å². The fourth-order valence-electron chi connectivity index (χ4n) is 12.2. The molecule has 14 aromatic rings. The fraction of sp³-hybridized carbons (Fsp3) is 0.0976. The molecule has 0 atom stereocenters. The van der Waals surface area contributed by atoms with Crippen molar-refractivity contribution in [3.63, 3.8) is 0 Å². The Morgan fingerprint density at radius 2 is 0.275 bits per heavy atom. The van der Waals surface area contributed by atoms with Crippen molar-refractivity contribution in [1.82, 2.24) is 39.9 Å². The molecular weight excluding hydrogens is 1730 g/mol. The maximum absolute atomic E-state index is 15.5. The first-order chi connectivity index (χ1) is 56.1. The molecule has 8 aromatic heterocycles. The Morgan fingerprint density at radius 3 is 0.383 bits per heavy atom. The van der Waals surface area contributed by atoms with E-state index in [1.165, 1.54) is 24.3 Å². The van der Waals surface area contributed by atoms with E-state index in [-0.39, 0.29) is 120 Å². The Kier molecular flexibility index (Phi) is 29.0. The van der Waals surface area contributed by atoms with Gasteiger partial charge in [-0.05, 0) is 122 Å². The summed E-state index contributed by atoms with van der Waals surface area (Å²) in [4.78, 5) is 33.8. The number of halogens is 24. The van der Waals surface area contributed by atoms with Crippen molar-refractivity contribution in [3.05, 3.63) is 410 Å². The largest absolute Gasteiger partial charge is 0.644 e. The average molecular weight is 1770 g/mol. The van der Waals surface area contributed by atoms with Gasteiger partial charge in [-0.1, -0.05) is 22.8 Å². The Labute approximate surface area is 683 Å². The zero-order valence-corrected chi connectivity index (χ0v) is 63.1. The summed E-state index contributed by atoms with van der Waals surface area (Å²) in [7, 11) is 0. The van der Waals surface area contributed by atoms with Gasteiger partial charge >= 0.3 is 0 Å². The molecule has 38 heteroatoms. The van der Waals surface area contributed by atoms with Crippen LogP contribution in [0.2, 0.25) is 0 Å². The molecule has 16 bridgehead atoms. The number of aliphatic hydroxyl groups is 4. The third-order valence-electron chi connectivity index (χ3n) is 16.9. The predicted octanol–water partition coefficient (Wildman–Crippen LogP) is 16.4. The maximum Gasteiger partial charge on any atom is 0.235 e. The standard InChI is InChI=1S/2C37H11F12N4.4C2H6O.2Mn/c2*38-12-9-13(39)33(45)29(32(12)44)26-20-3-1-18(50-20)19-2-4-21(51-19)27(30-34(46)14(40)10-15(41)35(30)47)23-6-8-25(53-23)28(24-7-5-22(26)52-24)31-36(48)16(42)11-17(43)37(31)49;4*1-2-3;;/h2*1-11H;4*3H,2H2,1H3;;/q2*-1;;;;;;. The van der Waals surface area contributed by atoms with Gasteiger partial charge in [-0.3, -0.25) is 0 Å². The van der Waals surface area contributed by atoms with E-state index in [0.717, 1.165) is 72.8 Å². The van der Waals surface area contributed by atoms with Crippen molar-refractivity contribution >= 4 is 0 Å². The third-order valence-corrected chi connectivity index (χ3v) is 16.9. The topological polar surface area (TPSA) is 194 Å². The number of aliphatic hydroxyl groups excluding tert-OH is 4. The Morgan fingerprint density at radius 1 is 0.183 bits per heavy atom. The van der Waals surface area contributed by atoms with Crippen LogP contribution in [0.5, 0.6) is 0 Å². The number of aromatic nitrogens is 8. The van der Waals surface area contributed by atoms with Gasteiger partial charge in [-0.25, -0.2) is 0 Å². The molecule has 120 heavy (non-hydrogen) atoms. The quantitative estimate of drug-likeness (QED) is 0.0533. The van der Waals surface area contributed by atoms with Crippen LogP contribution < -0.4 is 39.9 Å². The minimum Gasteiger partial charge on any atom is -0.644 e. The second-order valence-corrected chi connectivity index (χ2v) is 24.3. The summed E-state index contributed by atoms with van der Waals surface area (Å²) in [5.41, 5.74) is -14.6. The van der Waals surface area contributed by atoms with Gasteiger partial charge in [0.1, 0.15) is 0 Å². The molecule has 0 aliphatic carbocycles. The molecular formula is C82H46F24Mn2N8O4-2. The zero-order chi connectivity index (χ0) is 86.1. The van der Waals surface area contributed by atoms with E-state index in [1.807, 2.05) is 0 Å². The molecule has 0 saturated carbocycles. The molecule has 10 heterocycles. The van der Waals surface area contributed by atoms with Crippen molar-refractivity contribution in [2.45, 2.75) is 27.7 Å². The molecule has 2 radical (unpaired) electrons. The van der Waals surface area contributed by atoms with E-state index in [1.54, 1.807) is 27.7 Å². The summed E-state index contributed by atoms with van der Waals surface area (Å²) in [6, 6.07) is 16.8. The van der Waals surface area contributed by atoms with E-state index in [2.05, 4.69) is 39.9 Å². The van der Waals surface area contributed by atoms with E-state index in [4.69, 9.17) is 20.4 Å². The summed E-state index contributed by atoms with van der Waals surface area (Å²) >= 11 is 0. The van der Waals surface area contributed by atoms with Crippen molar-refractivity contribution in [2.24, 2.45) is 0 Å². The first kappa shape index (κ1) is 91.9. The minimum absolute atomic E-state index is 0. The first-order valence-corrected chi connectivity index (χ1v) is 34.0. The van der Waals surface area contributed by atoms with Crippen LogP contribution in [0.15, 0.2) is 133 Å². The van der Waals surface area contributed by atoms with Gasteiger partial charge in [-0.15, -0.1) is 22.8 Å². The fourth-order valence-corrected chi connectivity index (χ4v) is 12.2. The van der Waals surface area contributed by atoms with Crippen LogP contribution in [-0.2, 0) is 34.1 Å². The predicted molar refractivity (Wildman–Crippen MR) is 368 cm³/mol. The van der Waals surface area contributed by atoms with Crippen LogP contribution in [0.4, 0.5) is 105 Å². The van der Waals surface area contributed by atoms with E-state index in [9.17, 15) is 52.7 Å². The van der Waals surface area contributed by atoms with Gasteiger partial charge < -0.3 is 60.3 Å². The van der Waals surface area contributed by atoms with Crippen LogP contribution in [0.1, 0.15) is 129 Å². The number of hydrogen-bond donors (Lipinski definition) is 4. The molecule has 0 fully saturated rings. The number of hydrogen-bond acceptors (Lipinski definition) is 4. The number of benzene rings is 6. The summed E-state index contributed by atoms with van der Waals surface area (Å²) < 4.78 is 360. The normalized spacial score (nSPS) is 11.9. The van der Waals surface area contributed by atoms with Gasteiger partial charge in [0.15, 0.2) is 103 Å². The Balaban J connectivity index is 0.000000238. The van der Waals surface area contributed by atoms with Crippen LogP contribution in [0.3, 0.4) is 0 Å². The molecule has 0 saturated heterocycles. The van der Waals surface area contributed by atoms with Crippen molar-refractivity contribution in [2.75, 3.05) is 26.4 Å². The van der Waals surface area contributed by atoms with Crippen molar-refractivity contribution in [3.8, 4) is 22.8 Å². The summed E-state index contributed by atoms with van der Waals surface area (Å²) in [5, 5.41) is 30.3. The van der Waals surface area contributed by atoms with Crippen molar-refractivity contribution < 1.29 is 160 Å². The second-order valence-electron chi connectivity index (χ2n) is 24.3. The van der Waals surface area contributed by atoms with Gasteiger partial charge in [0.2, 0.25) is 69.8 Å². The minimum atomic E-state index is -1.97. The van der Waals surface area contributed by atoms with Crippen LogP contribution >= 0.6 is 0 Å². The van der Waals surface area contributed by atoms with Crippen LogP contribution in [0.25, 0.3) is 22.8 Å². The number of fused-ring (bicyclic) bond motifs is 18. The van der Waals surface area contributed by atoms with Crippen LogP contribution in [-0.4, -0.2) is 46.9 Å². The summed E-state index contributed by atoms with van der Waals surface area (Å²) in [6.07, 6.45) is 0. The first-order valence-electron chi connectivity index (χ1n) is 34.0. The molecule has 2 aliphatic rings. The van der Waals surface area contributed by atoms with Crippen molar-refractivity contribution in [1.29, 1.82) is 0 Å². The molecule has 0 amide bonds. The molecule has 6 aromatic carbocycles. The molecule has 12 nitrogen and oxygen atoms in total. The van der Waals surface area contributed by atoms with Gasteiger partial charge in [0.25, 0.3) is 0 Å². The molecule has 2 aliphatic heterocycles. The zero-order valence-electron chi connectivity index (χ0n) is 60.7. The van der Waals surface area contributed by atoms with Gasteiger partial charge in [0, 0.05) is 181 Å². The number of nitrogens with zero attached hydrogens (tertiary/aromatic N) is 8. The molecule has 0 spiro atoms. The smallest absolute Gasteiger partial charge is 0.235 e. The van der Waals surface area contributed by atoms with E-state index >= 15 is 52.7 Å². The third kappa shape index (κ3) is 17.3. The summed E-state index contributed by atoms with van der Waals surface area (Å²) in [6.45, 7) is 7.72. The van der Waals surface area contributed by atoms with Crippen LogP contribution in [0, 0.1) is 175 Å². The second kappa shape index (κ2) is 37.9. The molecule has 0 unspecified atom stereocenters. The molecule has 622 valence electrons. The molecule has 16 rings (SSSR count). The Bertz CT molecular complexity index is 5210. The van der Waals surface area contributed by atoms with Gasteiger partial charge in [0.05, 0.1) is 0 Å². The molecule has 4 N–H and O–H groups in total. The number of rotatable bonds is 6. The van der Waals surface area contributed by atoms with E-state index in [0.29, 0.717) is 0 Å². The Hall–Kier alpha value is -12.0. The van der Waals surface area contributed by atoms with Gasteiger partial charge in [-0.2, -0.15) is 105 Å². The monoisotopic (exact) mass is 1770 g/mol. The maximum atomic E-state index is 15.5. The SMILES string of the molecule is CCO.CCO.CCO.CCO.Fc1cc(F)c(F)c([C+]2c3ccc([n-]3)-c3ccc([n-]3)[C+](c3c(F)c(F)cc(F)c3F)c3ccc([n-]3)[C+](c3c(F)c(F)cc(F)c3F)c3ccc2[n-]3)c1F.Fc1cc(F)c(F)c([C+]2c3ccc([n-]3)-c3ccc([n-]3)[C+](c3c(F)c(F)cc(F)c3F)c3ccc([n-]3)[C+](c3c(F)c(F)cc(F)c3F)c3ccc2[n-]3)c1F.[Mn].[Mn]. The average Bonchev–Trinajstić information content (AvgIpc) is 1.61.